The van der Waals surface area contributed by atoms with E-state index in [-0.39, 0.29) is 12.5 Å². The summed E-state index contributed by atoms with van der Waals surface area (Å²) in [6.45, 7) is 10.3. The average Bonchev–Trinajstić information content (AvgIpc) is 2.70. The van der Waals surface area contributed by atoms with Gasteiger partial charge in [-0.25, -0.2) is 8.42 Å². The van der Waals surface area contributed by atoms with E-state index in [1.54, 1.807) is 44.2 Å². The number of hydrogen-bond donors (Lipinski definition) is 1. The summed E-state index contributed by atoms with van der Waals surface area (Å²) in [5, 5.41) is 3.66. The Hall–Kier alpha value is -2.29. The van der Waals surface area contributed by atoms with Gasteiger partial charge in [0, 0.05) is 22.1 Å². The van der Waals surface area contributed by atoms with Crippen LogP contribution in [0.25, 0.3) is 0 Å². The Morgan fingerprint density at radius 2 is 1.69 bits per heavy atom. The largest absolute Gasteiger partial charge is 0.350 e. The molecule has 0 heterocycles. The molecule has 2 rings (SSSR count). The number of anilines is 1. The predicted octanol–water partition coefficient (Wildman–Crippen LogP) is 4.71. The number of benzene rings is 2. The number of aryl methyl sites for hydroxylation is 2. The first-order valence-corrected chi connectivity index (χ1v) is 13.7. The third-order valence-corrected chi connectivity index (χ3v) is 7.05. The molecule has 0 saturated heterocycles. The summed E-state index contributed by atoms with van der Waals surface area (Å²) in [5.41, 5.74) is 2.04. The zero-order valence-electron chi connectivity index (χ0n) is 21.1. The zero-order chi connectivity index (χ0) is 26.7. The summed E-state index contributed by atoms with van der Waals surface area (Å²) in [4.78, 5) is 28.0. The maximum Gasteiger partial charge on any atom is 0.244 e. The van der Waals surface area contributed by atoms with E-state index < -0.39 is 34.1 Å². The van der Waals surface area contributed by atoms with Gasteiger partial charge in [-0.05, 0) is 76.4 Å². The SMILES string of the molecule is Cc1ccc(C)c(N(CC(=O)N(Cc2ccc(Cl)cc2Cl)[C@@H](C)C(=O)NC(C)(C)C)S(C)(=O)=O)c1. The zero-order valence-corrected chi connectivity index (χ0v) is 23.5. The maximum absolute atomic E-state index is 13.6. The fourth-order valence-corrected chi connectivity index (χ4v) is 4.84. The number of amides is 2. The molecule has 0 radical (unpaired) electrons. The van der Waals surface area contributed by atoms with E-state index in [0.717, 1.165) is 16.1 Å². The first kappa shape index (κ1) is 28.9. The van der Waals surface area contributed by atoms with Crippen molar-refractivity contribution in [2.24, 2.45) is 0 Å². The van der Waals surface area contributed by atoms with E-state index in [4.69, 9.17) is 23.2 Å². The smallest absolute Gasteiger partial charge is 0.244 e. The van der Waals surface area contributed by atoms with Gasteiger partial charge in [0.2, 0.25) is 21.8 Å². The van der Waals surface area contributed by atoms with E-state index in [0.29, 0.717) is 26.9 Å². The minimum Gasteiger partial charge on any atom is -0.350 e. The van der Waals surface area contributed by atoms with Crippen LogP contribution in [-0.4, -0.2) is 49.5 Å². The van der Waals surface area contributed by atoms with Gasteiger partial charge >= 0.3 is 0 Å². The quantitative estimate of drug-likeness (QED) is 0.524. The van der Waals surface area contributed by atoms with Crippen LogP contribution in [0.2, 0.25) is 10.0 Å². The summed E-state index contributed by atoms with van der Waals surface area (Å²) in [6.07, 6.45) is 1.05. The third-order valence-electron chi connectivity index (χ3n) is 5.33. The summed E-state index contributed by atoms with van der Waals surface area (Å²) in [5.74, 6) is -0.910. The molecule has 0 spiro atoms. The summed E-state index contributed by atoms with van der Waals surface area (Å²) in [7, 11) is -3.81. The first-order chi connectivity index (χ1) is 16.0. The van der Waals surface area contributed by atoms with Crippen LogP contribution in [0.3, 0.4) is 0 Å². The predicted molar refractivity (Wildman–Crippen MR) is 142 cm³/mol. The van der Waals surface area contributed by atoms with Gasteiger partial charge in [0.1, 0.15) is 12.6 Å². The highest BCUT2D eigenvalue weighted by molar-refractivity contribution is 7.92. The molecule has 0 aliphatic carbocycles. The van der Waals surface area contributed by atoms with Crippen molar-refractivity contribution in [3.05, 3.63) is 63.1 Å². The van der Waals surface area contributed by atoms with Crippen LogP contribution in [-0.2, 0) is 26.2 Å². The molecule has 0 aliphatic rings. The van der Waals surface area contributed by atoms with Gasteiger partial charge in [0.05, 0.1) is 11.9 Å². The van der Waals surface area contributed by atoms with Crippen LogP contribution in [0.15, 0.2) is 36.4 Å². The fraction of sp³-hybridized carbons (Fsp3) is 0.440. The van der Waals surface area contributed by atoms with E-state index in [1.165, 1.54) is 4.90 Å². The first-order valence-electron chi connectivity index (χ1n) is 11.1. The highest BCUT2D eigenvalue weighted by Gasteiger charge is 2.32. The van der Waals surface area contributed by atoms with Crippen molar-refractivity contribution in [2.45, 2.75) is 59.7 Å². The molecule has 35 heavy (non-hydrogen) atoms. The van der Waals surface area contributed by atoms with Crippen molar-refractivity contribution in [3.63, 3.8) is 0 Å². The number of carbonyl (C=O) groups excluding carboxylic acids is 2. The van der Waals surface area contributed by atoms with Crippen molar-refractivity contribution in [3.8, 4) is 0 Å². The van der Waals surface area contributed by atoms with Gasteiger partial charge in [0.25, 0.3) is 0 Å². The number of halogens is 2. The molecule has 1 atom stereocenters. The molecule has 1 N–H and O–H groups in total. The van der Waals surface area contributed by atoms with Crippen molar-refractivity contribution in [1.82, 2.24) is 10.2 Å². The van der Waals surface area contributed by atoms with Crippen LogP contribution in [0.1, 0.15) is 44.4 Å². The molecule has 0 unspecified atom stereocenters. The molecule has 10 heteroatoms. The standard InChI is InChI=1S/C25H33Cl2N3O4S/c1-16-8-9-17(2)22(12-16)30(35(7,33)34)15-23(31)29(18(3)24(32)28-25(4,5)6)14-19-10-11-20(26)13-21(19)27/h8-13,18H,14-15H2,1-7H3,(H,28,32)/t18-/m0/s1. The van der Waals surface area contributed by atoms with Crippen LogP contribution in [0.4, 0.5) is 5.69 Å². The van der Waals surface area contributed by atoms with Crippen molar-refractivity contribution < 1.29 is 18.0 Å². The lowest BCUT2D eigenvalue weighted by atomic mass is 10.1. The Kier molecular flexibility index (Phi) is 9.25. The molecule has 0 aromatic heterocycles. The lowest BCUT2D eigenvalue weighted by Gasteiger charge is -2.33. The molecule has 7 nitrogen and oxygen atoms in total. The van der Waals surface area contributed by atoms with Crippen LogP contribution in [0.5, 0.6) is 0 Å². The number of sulfonamides is 1. The topological polar surface area (TPSA) is 86.8 Å². The van der Waals surface area contributed by atoms with Gasteiger partial charge < -0.3 is 10.2 Å². The lowest BCUT2D eigenvalue weighted by molar-refractivity contribution is -0.140. The molecule has 2 amide bonds. The molecule has 2 aromatic rings. The number of nitrogens with one attached hydrogen (secondary N) is 1. The molecule has 0 aliphatic heterocycles. The molecule has 192 valence electrons. The third kappa shape index (κ3) is 8.12. The Labute approximate surface area is 218 Å². The maximum atomic E-state index is 13.6. The number of carbonyl (C=O) groups is 2. The van der Waals surface area contributed by atoms with E-state index in [9.17, 15) is 18.0 Å². The van der Waals surface area contributed by atoms with Gasteiger partial charge in [-0.1, -0.05) is 41.4 Å². The lowest BCUT2D eigenvalue weighted by Crippen LogP contribution is -2.54. The number of hydrogen-bond acceptors (Lipinski definition) is 4. The monoisotopic (exact) mass is 541 g/mol. The molecular formula is C25H33Cl2N3O4S. The van der Waals surface area contributed by atoms with Crippen molar-refractivity contribution in [1.29, 1.82) is 0 Å². The minimum absolute atomic E-state index is 0.00202. The Balaban J connectivity index is 2.49. The number of rotatable bonds is 8. The van der Waals surface area contributed by atoms with Crippen LogP contribution >= 0.6 is 23.2 Å². The van der Waals surface area contributed by atoms with E-state index in [2.05, 4.69) is 5.32 Å². The van der Waals surface area contributed by atoms with Crippen molar-refractivity contribution in [2.75, 3.05) is 17.1 Å². The normalized spacial score (nSPS) is 12.7. The van der Waals surface area contributed by atoms with Crippen LogP contribution < -0.4 is 9.62 Å². The summed E-state index contributed by atoms with van der Waals surface area (Å²) in [6, 6.07) is 9.38. The summed E-state index contributed by atoms with van der Waals surface area (Å²) < 4.78 is 26.5. The Morgan fingerprint density at radius 1 is 1.06 bits per heavy atom. The highest BCUT2D eigenvalue weighted by Crippen LogP contribution is 2.26. The number of nitrogens with zero attached hydrogens (tertiary/aromatic N) is 2. The Morgan fingerprint density at radius 3 is 2.23 bits per heavy atom. The second kappa shape index (κ2) is 11.2. The summed E-state index contributed by atoms with van der Waals surface area (Å²) >= 11 is 12.4. The van der Waals surface area contributed by atoms with Gasteiger partial charge in [-0.15, -0.1) is 0 Å². The minimum atomic E-state index is -3.81. The van der Waals surface area contributed by atoms with Crippen molar-refractivity contribution >= 4 is 50.7 Å². The van der Waals surface area contributed by atoms with Gasteiger partial charge in [-0.2, -0.15) is 0 Å². The van der Waals surface area contributed by atoms with Crippen LogP contribution in [0, 0.1) is 13.8 Å². The second-order valence-electron chi connectivity index (χ2n) is 9.73. The second-order valence-corrected chi connectivity index (χ2v) is 12.5. The molecule has 0 fully saturated rings. The molecule has 2 aromatic carbocycles. The van der Waals surface area contributed by atoms with E-state index in [1.807, 2.05) is 33.8 Å². The van der Waals surface area contributed by atoms with E-state index >= 15 is 0 Å². The molecule has 0 saturated carbocycles. The van der Waals surface area contributed by atoms with Gasteiger partial charge in [-0.3, -0.25) is 13.9 Å². The molecular weight excluding hydrogens is 509 g/mol. The van der Waals surface area contributed by atoms with Gasteiger partial charge in [0.15, 0.2) is 0 Å². The molecule has 0 bridgehead atoms. The average molecular weight is 543 g/mol. The Bertz CT molecular complexity index is 1210. The highest BCUT2D eigenvalue weighted by atomic mass is 35.5. The fourth-order valence-electron chi connectivity index (χ4n) is 3.47.